The standard InChI is InChI=1S/C2H6O3S.K/c1-2-6(3,4)5;/h2H2,1H3,(H,3,4,5);/q;+1/p-1. The van der Waals surface area contributed by atoms with Gasteiger partial charge >= 0.3 is 51.4 Å². The Hall–Kier alpha value is 1.55. The minimum Gasteiger partial charge on any atom is -0.748 e. The zero-order valence-corrected chi connectivity index (χ0v) is 8.28. The summed E-state index contributed by atoms with van der Waals surface area (Å²) in [4.78, 5) is 0. The molecule has 0 fully saturated rings. The fourth-order valence-corrected chi connectivity index (χ4v) is 0. The summed E-state index contributed by atoms with van der Waals surface area (Å²) in [5.74, 6) is -0.312. The van der Waals surface area contributed by atoms with Crippen LogP contribution in [0.15, 0.2) is 0 Å². The van der Waals surface area contributed by atoms with Crippen molar-refractivity contribution in [3.05, 3.63) is 0 Å². The molecule has 0 aromatic heterocycles. The second kappa shape index (κ2) is 4.43. The van der Waals surface area contributed by atoms with Crippen molar-refractivity contribution >= 4 is 10.1 Å². The van der Waals surface area contributed by atoms with E-state index in [1.165, 1.54) is 6.92 Å². The van der Waals surface area contributed by atoms with Crippen LogP contribution in [0.4, 0.5) is 0 Å². The largest absolute Gasteiger partial charge is 1.00 e. The monoisotopic (exact) mass is 148 g/mol. The van der Waals surface area contributed by atoms with Gasteiger partial charge in [-0.15, -0.1) is 0 Å². The van der Waals surface area contributed by atoms with E-state index in [9.17, 15) is 13.0 Å². The maximum atomic E-state index is 9.44. The van der Waals surface area contributed by atoms with Crippen molar-refractivity contribution < 1.29 is 64.4 Å². The van der Waals surface area contributed by atoms with Crippen LogP contribution in [0, 0.1) is 0 Å². The third kappa shape index (κ3) is 11.2. The molecule has 0 aliphatic carbocycles. The average Bonchev–Trinajstić information content (AvgIpc) is 1.35. The van der Waals surface area contributed by atoms with Crippen molar-refractivity contribution in [1.82, 2.24) is 0 Å². The SMILES string of the molecule is CCS(=O)(=O)[O-].[K+]. The fraction of sp³-hybridized carbons (Fsp3) is 1.00. The number of rotatable bonds is 1. The van der Waals surface area contributed by atoms with Crippen LogP contribution >= 0.6 is 0 Å². The van der Waals surface area contributed by atoms with E-state index in [4.69, 9.17) is 0 Å². The Morgan fingerprint density at radius 3 is 1.71 bits per heavy atom. The van der Waals surface area contributed by atoms with Gasteiger partial charge in [-0.05, 0) is 0 Å². The van der Waals surface area contributed by atoms with Gasteiger partial charge in [0, 0.05) is 5.75 Å². The fourth-order valence-electron chi connectivity index (χ4n) is 0. The van der Waals surface area contributed by atoms with E-state index in [1.807, 2.05) is 0 Å². The van der Waals surface area contributed by atoms with Crippen LogP contribution in [0.25, 0.3) is 0 Å². The van der Waals surface area contributed by atoms with Crippen molar-refractivity contribution in [2.75, 3.05) is 5.75 Å². The molecule has 0 rings (SSSR count). The van der Waals surface area contributed by atoms with E-state index in [1.54, 1.807) is 0 Å². The first-order valence-corrected chi connectivity index (χ1v) is 3.07. The topological polar surface area (TPSA) is 57.2 Å². The maximum Gasteiger partial charge on any atom is 1.00 e. The van der Waals surface area contributed by atoms with Crippen molar-refractivity contribution in [2.45, 2.75) is 6.92 Å². The predicted octanol–water partition coefficient (Wildman–Crippen LogP) is -3.44. The van der Waals surface area contributed by atoms with Gasteiger partial charge in [0.05, 0.1) is 10.1 Å². The molecule has 0 aromatic carbocycles. The Morgan fingerprint density at radius 2 is 1.71 bits per heavy atom. The molecule has 0 aliphatic heterocycles. The summed E-state index contributed by atoms with van der Waals surface area (Å²) in [7, 11) is -3.91. The van der Waals surface area contributed by atoms with Gasteiger partial charge in [0.25, 0.3) is 0 Å². The van der Waals surface area contributed by atoms with Gasteiger partial charge in [0.1, 0.15) is 0 Å². The molecule has 7 heavy (non-hydrogen) atoms. The van der Waals surface area contributed by atoms with Crippen LogP contribution in [0.3, 0.4) is 0 Å². The zero-order chi connectivity index (χ0) is 5.21. The van der Waals surface area contributed by atoms with Crippen LogP contribution in [-0.2, 0) is 10.1 Å². The van der Waals surface area contributed by atoms with E-state index in [-0.39, 0.29) is 57.1 Å². The molecule has 0 N–H and O–H groups in total. The van der Waals surface area contributed by atoms with Crippen LogP contribution in [0.5, 0.6) is 0 Å². The molecule has 0 saturated heterocycles. The third-order valence-corrected chi connectivity index (χ3v) is 1.06. The molecular formula is C2H5KO3S. The van der Waals surface area contributed by atoms with Crippen LogP contribution < -0.4 is 51.4 Å². The maximum absolute atomic E-state index is 9.44. The van der Waals surface area contributed by atoms with Crippen LogP contribution in [0.2, 0.25) is 0 Å². The van der Waals surface area contributed by atoms with Gasteiger partial charge in [0.15, 0.2) is 0 Å². The Kier molecular flexibility index (Phi) is 7.18. The van der Waals surface area contributed by atoms with Crippen molar-refractivity contribution in [2.24, 2.45) is 0 Å². The summed E-state index contributed by atoms with van der Waals surface area (Å²) in [5, 5.41) is 0. The molecule has 0 aromatic rings. The summed E-state index contributed by atoms with van der Waals surface area (Å²) in [6.07, 6.45) is 0. The van der Waals surface area contributed by atoms with Crippen molar-refractivity contribution in [1.29, 1.82) is 0 Å². The Bertz CT molecular complexity index is 115. The zero-order valence-electron chi connectivity index (χ0n) is 4.34. The molecule has 5 heteroatoms. The quantitative estimate of drug-likeness (QED) is 0.287. The van der Waals surface area contributed by atoms with Gasteiger partial charge in [-0.3, -0.25) is 0 Å². The third-order valence-electron chi connectivity index (χ3n) is 0.354. The number of hydrogen-bond donors (Lipinski definition) is 0. The summed E-state index contributed by atoms with van der Waals surface area (Å²) in [5.41, 5.74) is 0. The van der Waals surface area contributed by atoms with Crippen LogP contribution in [-0.4, -0.2) is 18.7 Å². The summed E-state index contributed by atoms with van der Waals surface area (Å²) in [6.45, 7) is 1.31. The molecule has 0 radical (unpaired) electrons. The molecule has 0 saturated carbocycles. The van der Waals surface area contributed by atoms with Gasteiger partial charge in [0.2, 0.25) is 0 Å². The van der Waals surface area contributed by atoms with Crippen molar-refractivity contribution in [3.63, 3.8) is 0 Å². The molecule has 0 bridgehead atoms. The molecule has 0 spiro atoms. The molecule has 38 valence electrons. The van der Waals surface area contributed by atoms with E-state index in [2.05, 4.69) is 0 Å². The summed E-state index contributed by atoms with van der Waals surface area (Å²) < 4.78 is 28.3. The Balaban J connectivity index is 0. The second-order valence-electron chi connectivity index (χ2n) is 0.846. The first-order valence-electron chi connectivity index (χ1n) is 1.50. The number of hydrogen-bond acceptors (Lipinski definition) is 3. The normalized spacial score (nSPS) is 10.0. The minimum atomic E-state index is -3.91. The molecular weight excluding hydrogens is 143 g/mol. The van der Waals surface area contributed by atoms with Gasteiger partial charge in [-0.25, -0.2) is 8.42 Å². The van der Waals surface area contributed by atoms with Gasteiger partial charge in [-0.1, -0.05) is 6.92 Å². The average molecular weight is 148 g/mol. The van der Waals surface area contributed by atoms with Gasteiger partial charge in [-0.2, -0.15) is 0 Å². The summed E-state index contributed by atoms with van der Waals surface area (Å²) >= 11 is 0. The van der Waals surface area contributed by atoms with E-state index >= 15 is 0 Å². The molecule has 0 atom stereocenters. The smallest absolute Gasteiger partial charge is 0.748 e. The van der Waals surface area contributed by atoms with Gasteiger partial charge < -0.3 is 4.55 Å². The van der Waals surface area contributed by atoms with Crippen LogP contribution in [0.1, 0.15) is 6.92 Å². The molecule has 0 amide bonds. The van der Waals surface area contributed by atoms with E-state index < -0.39 is 10.1 Å². The minimum absolute atomic E-state index is 0. The first-order chi connectivity index (χ1) is 2.56. The Labute approximate surface area is 85.7 Å². The predicted molar refractivity (Wildman–Crippen MR) is 20.2 cm³/mol. The molecule has 0 aliphatic rings. The second-order valence-corrected chi connectivity index (χ2v) is 2.54. The molecule has 3 nitrogen and oxygen atoms in total. The van der Waals surface area contributed by atoms with Crippen molar-refractivity contribution in [3.8, 4) is 0 Å². The van der Waals surface area contributed by atoms with E-state index in [0.717, 1.165) is 0 Å². The summed E-state index contributed by atoms with van der Waals surface area (Å²) in [6, 6.07) is 0. The Morgan fingerprint density at radius 1 is 1.57 bits per heavy atom. The molecule has 0 unspecified atom stereocenters. The first kappa shape index (κ1) is 11.4. The molecule has 0 heterocycles. The van der Waals surface area contributed by atoms with E-state index in [0.29, 0.717) is 0 Å².